The predicted molar refractivity (Wildman–Crippen MR) is 111 cm³/mol. The molecule has 4 rings (SSSR count). The molecule has 0 saturated heterocycles. The van der Waals surface area contributed by atoms with Crippen LogP contribution in [0.5, 0.6) is 0 Å². The molecule has 3 aromatic rings. The van der Waals surface area contributed by atoms with Gasteiger partial charge in [-0.25, -0.2) is 9.97 Å². The summed E-state index contributed by atoms with van der Waals surface area (Å²) in [6.07, 6.45) is 4.72. The summed E-state index contributed by atoms with van der Waals surface area (Å²) in [6, 6.07) is 12.9. The minimum atomic E-state index is 0.575. The van der Waals surface area contributed by atoms with E-state index in [0.717, 1.165) is 55.1 Å². The fourth-order valence-corrected chi connectivity index (χ4v) is 3.59. The molecule has 6 nitrogen and oxygen atoms in total. The molecule has 0 saturated carbocycles. The number of benzene rings is 1. The van der Waals surface area contributed by atoms with E-state index in [1.165, 1.54) is 11.1 Å². The number of aromatic nitrogens is 4. The van der Waals surface area contributed by atoms with E-state index >= 15 is 0 Å². The minimum Gasteiger partial charge on any atom is -0.352 e. The van der Waals surface area contributed by atoms with Crippen LogP contribution < -0.4 is 10.2 Å². The van der Waals surface area contributed by atoms with E-state index < -0.39 is 0 Å². The molecule has 0 bridgehead atoms. The Bertz CT molecular complexity index is 938. The molecule has 3 heterocycles. The molecule has 1 aliphatic rings. The monoisotopic (exact) mass is 374 g/mol. The molecular formula is C22H26N6. The van der Waals surface area contributed by atoms with Crippen LogP contribution >= 0.6 is 0 Å². The predicted octanol–water partition coefficient (Wildman–Crippen LogP) is 3.57. The number of anilines is 2. The number of hydrogen-bond acceptors (Lipinski definition) is 6. The highest BCUT2D eigenvalue weighted by Crippen LogP contribution is 2.23. The van der Waals surface area contributed by atoms with Crippen molar-refractivity contribution in [3.63, 3.8) is 0 Å². The van der Waals surface area contributed by atoms with Crippen molar-refractivity contribution in [1.82, 2.24) is 20.2 Å². The average Bonchev–Trinajstić information content (AvgIpc) is 2.77. The maximum atomic E-state index is 4.68. The third-order valence-corrected chi connectivity index (χ3v) is 5.22. The Morgan fingerprint density at radius 3 is 2.54 bits per heavy atom. The Morgan fingerprint density at radius 2 is 1.79 bits per heavy atom. The molecule has 2 aromatic heterocycles. The largest absolute Gasteiger partial charge is 0.352 e. The number of nitrogens with one attached hydrogen (secondary N) is 1. The van der Waals surface area contributed by atoms with Gasteiger partial charge in [0.2, 0.25) is 5.95 Å². The summed E-state index contributed by atoms with van der Waals surface area (Å²) in [4.78, 5) is 11.6. The highest BCUT2D eigenvalue weighted by molar-refractivity contribution is 5.45. The molecule has 1 aliphatic heterocycles. The fourth-order valence-electron chi connectivity index (χ4n) is 3.59. The molecule has 0 atom stereocenters. The topological polar surface area (TPSA) is 66.8 Å². The van der Waals surface area contributed by atoms with E-state index in [9.17, 15) is 0 Å². The van der Waals surface area contributed by atoms with E-state index in [0.29, 0.717) is 12.5 Å². The first-order valence-electron chi connectivity index (χ1n) is 9.99. The molecule has 0 unspecified atom stereocenters. The van der Waals surface area contributed by atoms with E-state index in [4.69, 9.17) is 0 Å². The van der Waals surface area contributed by atoms with Gasteiger partial charge in [0.15, 0.2) is 0 Å². The first kappa shape index (κ1) is 18.3. The van der Waals surface area contributed by atoms with E-state index in [-0.39, 0.29) is 0 Å². The van der Waals surface area contributed by atoms with Gasteiger partial charge >= 0.3 is 0 Å². The Morgan fingerprint density at radius 1 is 0.964 bits per heavy atom. The van der Waals surface area contributed by atoms with Crippen molar-refractivity contribution in [2.75, 3.05) is 16.8 Å². The SMILES string of the molecule is CCc1nnc(NCc2ccc(N3CCc4ccccc4C3)nc2)nc1CC. The van der Waals surface area contributed by atoms with E-state index in [1.807, 2.05) is 6.20 Å². The van der Waals surface area contributed by atoms with Crippen LogP contribution in [0.15, 0.2) is 42.6 Å². The second kappa shape index (κ2) is 8.33. The van der Waals surface area contributed by atoms with Crippen LogP contribution in [-0.4, -0.2) is 26.7 Å². The lowest BCUT2D eigenvalue weighted by Gasteiger charge is -2.29. The standard InChI is InChI=1S/C22H26N6/c1-3-19-20(4-2)26-27-22(25-19)24-14-16-9-10-21(23-13-16)28-12-11-17-7-5-6-8-18(17)15-28/h5-10,13H,3-4,11-12,14-15H2,1-2H3,(H,24,25,27). The molecule has 0 amide bonds. The summed E-state index contributed by atoms with van der Waals surface area (Å²) in [5, 5.41) is 11.7. The van der Waals surface area contributed by atoms with Crippen LogP contribution in [0.2, 0.25) is 0 Å². The van der Waals surface area contributed by atoms with Gasteiger partial charge in [-0.3, -0.25) is 0 Å². The normalized spacial score (nSPS) is 13.3. The van der Waals surface area contributed by atoms with Gasteiger partial charge < -0.3 is 10.2 Å². The minimum absolute atomic E-state index is 0.575. The Labute approximate surface area is 166 Å². The van der Waals surface area contributed by atoms with Crippen LogP contribution in [0.3, 0.4) is 0 Å². The number of rotatable bonds is 6. The zero-order chi connectivity index (χ0) is 19.3. The first-order valence-corrected chi connectivity index (χ1v) is 9.99. The van der Waals surface area contributed by atoms with Gasteiger partial charge in [-0.1, -0.05) is 44.2 Å². The smallest absolute Gasteiger partial charge is 0.243 e. The van der Waals surface area contributed by atoms with E-state index in [1.54, 1.807) is 0 Å². The van der Waals surface area contributed by atoms with Gasteiger partial charge in [-0.15, -0.1) is 5.10 Å². The number of pyridine rings is 1. The second-order valence-corrected chi connectivity index (χ2v) is 7.05. The van der Waals surface area contributed by atoms with Gasteiger partial charge in [-0.05, 0) is 42.0 Å². The van der Waals surface area contributed by atoms with Gasteiger partial charge in [0, 0.05) is 25.8 Å². The van der Waals surface area contributed by atoms with Gasteiger partial charge in [0.05, 0.1) is 11.4 Å². The molecule has 28 heavy (non-hydrogen) atoms. The third kappa shape index (κ3) is 3.96. The molecule has 0 aliphatic carbocycles. The molecule has 1 aromatic carbocycles. The molecule has 6 heteroatoms. The zero-order valence-electron chi connectivity index (χ0n) is 16.5. The summed E-state index contributed by atoms with van der Waals surface area (Å²) in [6.45, 7) is 6.72. The summed E-state index contributed by atoms with van der Waals surface area (Å²) in [5.41, 5.74) is 5.94. The number of aryl methyl sites for hydroxylation is 2. The Hall–Kier alpha value is -3.02. The summed E-state index contributed by atoms with van der Waals surface area (Å²) >= 11 is 0. The van der Waals surface area contributed by atoms with Crippen LogP contribution in [0, 0.1) is 0 Å². The van der Waals surface area contributed by atoms with Gasteiger partial charge in [-0.2, -0.15) is 5.10 Å². The lowest BCUT2D eigenvalue weighted by molar-refractivity contribution is 0.720. The molecule has 144 valence electrons. The quantitative estimate of drug-likeness (QED) is 0.711. The Balaban J connectivity index is 1.39. The molecule has 0 radical (unpaired) electrons. The summed E-state index contributed by atoms with van der Waals surface area (Å²) in [7, 11) is 0. The second-order valence-electron chi connectivity index (χ2n) is 7.05. The third-order valence-electron chi connectivity index (χ3n) is 5.22. The van der Waals surface area contributed by atoms with Crippen molar-refractivity contribution in [3.05, 3.63) is 70.7 Å². The number of fused-ring (bicyclic) bond motifs is 1. The van der Waals surface area contributed by atoms with Crippen molar-refractivity contribution in [2.24, 2.45) is 0 Å². The molecular weight excluding hydrogens is 348 g/mol. The van der Waals surface area contributed by atoms with Crippen LogP contribution in [0.1, 0.15) is 41.9 Å². The van der Waals surface area contributed by atoms with Crippen molar-refractivity contribution in [2.45, 2.75) is 46.2 Å². The van der Waals surface area contributed by atoms with Crippen molar-refractivity contribution in [1.29, 1.82) is 0 Å². The fraction of sp³-hybridized carbons (Fsp3) is 0.364. The summed E-state index contributed by atoms with van der Waals surface area (Å²) in [5.74, 6) is 1.60. The zero-order valence-corrected chi connectivity index (χ0v) is 16.5. The lowest BCUT2D eigenvalue weighted by atomic mass is 10.00. The van der Waals surface area contributed by atoms with Crippen molar-refractivity contribution < 1.29 is 0 Å². The lowest BCUT2D eigenvalue weighted by Crippen LogP contribution is -2.30. The van der Waals surface area contributed by atoms with Gasteiger partial charge in [0.25, 0.3) is 0 Å². The molecule has 0 fully saturated rings. The van der Waals surface area contributed by atoms with Crippen molar-refractivity contribution in [3.8, 4) is 0 Å². The average molecular weight is 374 g/mol. The summed E-state index contributed by atoms with van der Waals surface area (Å²) < 4.78 is 0. The highest BCUT2D eigenvalue weighted by Gasteiger charge is 2.16. The van der Waals surface area contributed by atoms with Crippen LogP contribution in [0.25, 0.3) is 0 Å². The maximum absolute atomic E-state index is 4.68. The highest BCUT2D eigenvalue weighted by atomic mass is 15.2. The van der Waals surface area contributed by atoms with E-state index in [2.05, 4.69) is 80.6 Å². The van der Waals surface area contributed by atoms with Crippen LogP contribution in [0.4, 0.5) is 11.8 Å². The first-order chi connectivity index (χ1) is 13.8. The van der Waals surface area contributed by atoms with Crippen LogP contribution in [-0.2, 0) is 32.4 Å². The number of hydrogen-bond donors (Lipinski definition) is 1. The maximum Gasteiger partial charge on any atom is 0.243 e. The Kier molecular flexibility index (Phi) is 5.46. The molecule has 1 N–H and O–H groups in total. The van der Waals surface area contributed by atoms with Gasteiger partial charge in [0.1, 0.15) is 5.82 Å². The number of nitrogens with zero attached hydrogens (tertiary/aromatic N) is 5. The van der Waals surface area contributed by atoms with Crippen molar-refractivity contribution >= 4 is 11.8 Å². The molecule has 0 spiro atoms.